The third kappa shape index (κ3) is 3.20. The van der Waals surface area contributed by atoms with Gasteiger partial charge in [-0.25, -0.2) is 8.42 Å². The van der Waals surface area contributed by atoms with Crippen LogP contribution in [0.2, 0.25) is 0 Å². The van der Waals surface area contributed by atoms with E-state index in [1.165, 1.54) is 0 Å². The molecule has 0 aliphatic carbocycles. The molecule has 1 unspecified atom stereocenters. The highest BCUT2D eigenvalue weighted by Gasteiger charge is 2.26. The second-order valence-corrected chi connectivity index (χ2v) is 5.84. The highest BCUT2D eigenvalue weighted by molar-refractivity contribution is 7.91. The van der Waals surface area contributed by atoms with E-state index in [2.05, 4.69) is 4.90 Å². The van der Waals surface area contributed by atoms with E-state index in [0.717, 1.165) is 0 Å². The predicted molar refractivity (Wildman–Crippen MR) is 54.9 cm³/mol. The summed E-state index contributed by atoms with van der Waals surface area (Å²) in [5.41, 5.74) is 5.59. The molecule has 0 bridgehead atoms. The van der Waals surface area contributed by atoms with Crippen LogP contribution in [0.1, 0.15) is 0 Å². The average molecular weight is 222 g/mol. The molecule has 0 spiro atoms. The summed E-state index contributed by atoms with van der Waals surface area (Å²) >= 11 is 0. The average Bonchev–Trinajstić information content (AvgIpc) is 2.15. The van der Waals surface area contributed by atoms with E-state index in [1.54, 1.807) is 7.11 Å². The molecule has 14 heavy (non-hydrogen) atoms. The molecule has 0 aromatic heterocycles. The third-order valence-electron chi connectivity index (χ3n) is 2.53. The zero-order valence-electron chi connectivity index (χ0n) is 8.48. The Kier molecular flexibility index (Phi) is 4.31. The number of hydrogen-bond donors (Lipinski definition) is 1. The van der Waals surface area contributed by atoms with Crippen LogP contribution < -0.4 is 5.73 Å². The lowest BCUT2D eigenvalue weighted by Gasteiger charge is -2.33. The second-order valence-electron chi connectivity index (χ2n) is 3.53. The van der Waals surface area contributed by atoms with Gasteiger partial charge < -0.3 is 10.5 Å². The van der Waals surface area contributed by atoms with E-state index in [1.807, 2.05) is 0 Å². The molecule has 6 heteroatoms. The first-order valence-corrected chi connectivity index (χ1v) is 6.54. The highest BCUT2D eigenvalue weighted by atomic mass is 32.2. The molecule has 1 aliphatic rings. The fourth-order valence-electron chi connectivity index (χ4n) is 1.61. The molecular weight excluding hydrogens is 204 g/mol. The van der Waals surface area contributed by atoms with Crippen LogP contribution in [0.25, 0.3) is 0 Å². The van der Waals surface area contributed by atoms with Crippen molar-refractivity contribution in [2.45, 2.75) is 6.04 Å². The summed E-state index contributed by atoms with van der Waals surface area (Å²) in [6.07, 6.45) is 0. The minimum atomic E-state index is -2.80. The summed E-state index contributed by atoms with van der Waals surface area (Å²) in [7, 11) is -1.17. The van der Waals surface area contributed by atoms with Gasteiger partial charge in [0.15, 0.2) is 9.84 Å². The maximum absolute atomic E-state index is 11.2. The zero-order valence-corrected chi connectivity index (χ0v) is 9.29. The van der Waals surface area contributed by atoms with Gasteiger partial charge >= 0.3 is 0 Å². The number of rotatable bonds is 4. The molecule has 1 fully saturated rings. The van der Waals surface area contributed by atoms with Crippen molar-refractivity contribution in [3.8, 4) is 0 Å². The maximum atomic E-state index is 11.2. The Morgan fingerprint density at radius 2 is 2.00 bits per heavy atom. The highest BCUT2D eigenvalue weighted by Crippen LogP contribution is 2.07. The largest absolute Gasteiger partial charge is 0.383 e. The summed E-state index contributed by atoms with van der Waals surface area (Å²) in [5, 5.41) is 0. The van der Waals surface area contributed by atoms with Crippen LogP contribution in [-0.4, -0.2) is 64.2 Å². The summed E-state index contributed by atoms with van der Waals surface area (Å²) in [6.45, 7) is 2.23. The van der Waals surface area contributed by atoms with Crippen molar-refractivity contribution in [1.29, 1.82) is 0 Å². The Morgan fingerprint density at radius 3 is 2.43 bits per heavy atom. The number of nitrogens with two attached hydrogens (primary N) is 1. The van der Waals surface area contributed by atoms with Gasteiger partial charge in [-0.1, -0.05) is 0 Å². The molecule has 1 saturated heterocycles. The predicted octanol–water partition coefficient (Wildman–Crippen LogP) is -1.31. The Hall–Kier alpha value is -0.170. The molecule has 0 aromatic rings. The Labute approximate surface area is 85.1 Å². The van der Waals surface area contributed by atoms with Crippen molar-refractivity contribution >= 4 is 9.84 Å². The van der Waals surface area contributed by atoms with Crippen LogP contribution in [-0.2, 0) is 14.6 Å². The van der Waals surface area contributed by atoms with Gasteiger partial charge in [0.25, 0.3) is 0 Å². The first-order valence-electron chi connectivity index (χ1n) is 4.72. The molecule has 0 amide bonds. The smallest absolute Gasteiger partial charge is 0.152 e. The molecule has 84 valence electrons. The fraction of sp³-hybridized carbons (Fsp3) is 1.00. The summed E-state index contributed by atoms with van der Waals surface area (Å²) in [6, 6.07) is 0.149. The van der Waals surface area contributed by atoms with Crippen molar-refractivity contribution < 1.29 is 13.2 Å². The number of sulfone groups is 1. The van der Waals surface area contributed by atoms with E-state index < -0.39 is 9.84 Å². The Morgan fingerprint density at radius 1 is 1.43 bits per heavy atom. The first-order chi connectivity index (χ1) is 6.59. The van der Waals surface area contributed by atoms with E-state index in [-0.39, 0.29) is 17.5 Å². The Balaban J connectivity index is 2.47. The number of hydrogen-bond acceptors (Lipinski definition) is 5. The number of ether oxygens (including phenoxy) is 1. The molecular formula is C8H18N2O3S. The number of methoxy groups -OCH3 is 1. The molecule has 1 rings (SSSR count). The first kappa shape index (κ1) is 11.9. The maximum Gasteiger partial charge on any atom is 0.152 e. The lowest BCUT2D eigenvalue weighted by Crippen LogP contribution is -2.50. The molecule has 1 atom stereocenters. The molecule has 1 aliphatic heterocycles. The zero-order chi connectivity index (χ0) is 10.6. The minimum absolute atomic E-state index is 0.149. The van der Waals surface area contributed by atoms with Crippen LogP contribution in [0, 0.1) is 0 Å². The lowest BCUT2D eigenvalue weighted by molar-refractivity contribution is 0.0994. The van der Waals surface area contributed by atoms with Crippen molar-refractivity contribution in [1.82, 2.24) is 4.90 Å². The Bertz CT molecular complexity index is 252. The van der Waals surface area contributed by atoms with Gasteiger partial charge in [0.1, 0.15) is 0 Å². The van der Waals surface area contributed by atoms with Crippen LogP contribution >= 0.6 is 0 Å². The van der Waals surface area contributed by atoms with Crippen molar-refractivity contribution in [3.63, 3.8) is 0 Å². The van der Waals surface area contributed by atoms with Gasteiger partial charge in [-0.15, -0.1) is 0 Å². The van der Waals surface area contributed by atoms with E-state index in [4.69, 9.17) is 10.5 Å². The van der Waals surface area contributed by atoms with E-state index >= 15 is 0 Å². The van der Waals surface area contributed by atoms with Gasteiger partial charge in [-0.2, -0.15) is 0 Å². The van der Waals surface area contributed by atoms with E-state index in [9.17, 15) is 8.42 Å². The fourth-order valence-corrected chi connectivity index (χ4v) is 2.84. The monoisotopic (exact) mass is 222 g/mol. The molecule has 1 heterocycles. The standard InChI is InChI=1S/C8H18N2O3S/c1-13-7-8(6-9)10-2-4-14(11,12)5-3-10/h8H,2-7,9H2,1H3. The third-order valence-corrected chi connectivity index (χ3v) is 4.14. The normalized spacial score (nSPS) is 24.7. The van der Waals surface area contributed by atoms with Gasteiger partial charge in [-0.05, 0) is 0 Å². The summed E-state index contributed by atoms with van der Waals surface area (Å²) in [4.78, 5) is 2.09. The van der Waals surface area contributed by atoms with E-state index in [0.29, 0.717) is 26.2 Å². The second kappa shape index (κ2) is 5.06. The van der Waals surface area contributed by atoms with Crippen LogP contribution in [0.3, 0.4) is 0 Å². The van der Waals surface area contributed by atoms with Gasteiger partial charge in [0.05, 0.1) is 18.1 Å². The lowest BCUT2D eigenvalue weighted by atomic mass is 10.2. The number of nitrogens with zero attached hydrogens (tertiary/aromatic N) is 1. The van der Waals surface area contributed by atoms with Gasteiger partial charge in [0.2, 0.25) is 0 Å². The van der Waals surface area contributed by atoms with Gasteiger partial charge in [-0.3, -0.25) is 4.90 Å². The van der Waals surface area contributed by atoms with Crippen molar-refractivity contribution in [2.24, 2.45) is 5.73 Å². The molecule has 0 saturated carbocycles. The van der Waals surface area contributed by atoms with Crippen LogP contribution in [0.15, 0.2) is 0 Å². The quantitative estimate of drug-likeness (QED) is 0.639. The summed E-state index contributed by atoms with van der Waals surface area (Å²) < 4.78 is 27.4. The topological polar surface area (TPSA) is 72.6 Å². The molecule has 0 radical (unpaired) electrons. The van der Waals surface area contributed by atoms with Crippen molar-refractivity contribution in [2.75, 3.05) is 44.9 Å². The molecule has 5 nitrogen and oxygen atoms in total. The van der Waals surface area contributed by atoms with Crippen LogP contribution in [0.4, 0.5) is 0 Å². The SMILES string of the molecule is COCC(CN)N1CCS(=O)(=O)CC1. The van der Waals surface area contributed by atoms with Crippen LogP contribution in [0.5, 0.6) is 0 Å². The van der Waals surface area contributed by atoms with Crippen molar-refractivity contribution in [3.05, 3.63) is 0 Å². The molecule has 2 N–H and O–H groups in total. The van der Waals surface area contributed by atoms with Gasteiger partial charge in [0, 0.05) is 32.8 Å². The molecule has 0 aromatic carbocycles. The minimum Gasteiger partial charge on any atom is -0.383 e. The summed E-state index contributed by atoms with van der Waals surface area (Å²) in [5.74, 6) is 0.487.